The average molecular weight is 382 g/mol. The maximum atomic E-state index is 12.9. The number of urea groups is 1. The Bertz CT molecular complexity index is 864. The highest BCUT2D eigenvalue weighted by molar-refractivity contribution is 7.09. The molecule has 1 fully saturated rings. The van der Waals surface area contributed by atoms with Crippen molar-refractivity contribution in [2.24, 2.45) is 0 Å². The summed E-state index contributed by atoms with van der Waals surface area (Å²) in [5.74, 6) is 0. The molecule has 1 aromatic carbocycles. The average Bonchev–Trinajstić information content (AvgIpc) is 3.41. The third-order valence-corrected chi connectivity index (χ3v) is 5.84. The lowest BCUT2D eigenvalue weighted by Crippen LogP contribution is -2.46. The molecule has 8 heteroatoms. The number of hydrogen-bond acceptors (Lipinski definition) is 5. The second-order valence-corrected chi connectivity index (χ2v) is 7.73. The minimum atomic E-state index is -0.0280. The van der Waals surface area contributed by atoms with Gasteiger partial charge in [0.15, 0.2) is 0 Å². The van der Waals surface area contributed by atoms with Crippen molar-refractivity contribution in [2.75, 3.05) is 11.9 Å². The van der Waals surface area contributed by atoms with Gasteiger partial charge in [-0.2, -0.15) is 0 Å². The molecule has 140 valence electrons. The Hall–Kier alpha value is -2.74. The van der Waals surface area contributed by atoms with E-state index in [1.807, 2.05) is 29.2 Å². The van der Waals surface area contributed by atoms with Gasteiger partial charge in [0.05, 0.1) is 5.69 Å². The first-order valence-corrected chi connectivity index (χ1v) is 10.1. The van der Waals surface area contributed by atoms with Gasteiger partial charge < -0.3 is 10.2 Å². The van der Waals surface area contributed by atoms with Crippen LogP contribution in [0.1, 0.15) is 30.6 Å². The summed E-state index contributed by atoms with van der Waals surface area (Å²) >= 11 is 1.79. The Balaban J connectivity index is 1.42. The van der Waals surface area contributed by atoms with Crippen LogP contribution in [0.2, 0.25) is 0 Å². The van der Waals surface area contributed by atoms with Gasteiger partial charge >= 0.3 is 6.03 Å². The van der Waals surface area contributed by atoms with E-state index >= 15 is 0 Å². The van der Waals surface area contributed by atoms with E-state index in [4.69, 9.17) is 0 Å². The second kappa shape index (κ2) is 8.30. The predicted octanol–water partition coefficient (Wildman–Crippen LogP) is 3.74. The molecule has 1 aliphatic rings. The third kappa shape index (κ3) is 4.33. The van der Waals surface area contributed by atoms with Gasteiger partial charge in [-0.15, -0.1) is 16.4 Å². The van der Waals surface area contributed by atoms with Gasteiger partial charge in [0.2, 0.25) is 0 Å². The molecule has 0 saturated carbocycles. The Labute approximate surface area is 162 Å². The molecular formula is C19H22N6OS. The van der Waals surface area contributed by atoms with E-state index in [1.54, 1.807) is 16.0 Å². The SMILES string of the molecule is O=C(Nc1cccc(-n2cnnn2)c1)N1CCCC[C@H]1CCc1cccs1. The molecule has 1 saturated heterocycles. The largest absolute Gasteiger partial charge is 0.322 e. The van der Waals surface area contributed by atoms with Crippen molar-refractivity contribution < 1.29 is 4.79 Å². The Kier molecular flexibility index (Phi) is 5.43. The van der Waals surface area contributed by atoms with Gasteiger partial charge in [0.1, 0.15) is 6.33 Å². The summed E-state index contributed by atoms with van der Waals surface area (Å²) in [4.78, 5) is 16.3. The van der Waals surface area contributed by atoms with Crippen LogP contribution in [0, 0.1) is 0 Å². The van der Waals surface area contributed by atoms with E-state index in [0.717, 1.165) is 43.6 Å². The molecule has 7 nitrogen and oxygen atoms in total. The standard InChI is InChI=1S/C19H22N6OS/c26-19(21-15-5-3-7-17(13-15)25-14-20-22-23-25)24-11-2-1-6-16(24)9-10-18-8-4-12-27-18/h3-5,7-8,12-14,16H,1-2,6,9-11H2,(H,21,26)/t16-/m0/s1. The highest BCUT2D eigenvalue weighted by Crippen LogP contribution is 2.24. The van der Waals surface area contributed by atoms with Crippen LogP contribution in [-0.2, 0) is 6.42 Å². The molecule has 4 rings (SSSR count). The van der Waals surface area contributed by atoms with Crippen LogP contribution < -0.4 is 5.32 Å². The van der Waals surface area contributed by atoms with Gasteiger partial charge in [0.25, 0.3) is 0 Å². The van der Waals surface area contributed by atoms with Crippen molar-refractivity contribution in [2.45, 2.75) is 38.1 Å². The molecule has 0 aliphatic carbocycles. The smallest absolute Gasteiger partial charge is 0.322 e. The number of rotatable bonds is 5. The number of tetrazole rings is 1. The predicted molar refractivity (Wildman–Crippen MR) is 105 cm³/mol. The van der Waals surface area contributed by atoms with Gasteiger partial charge in [-0.3, -0.25) is 0 Å². The molecule has 3 heterocycles. The van der Waals surface area contributed by atoms with E-state index in [2.05, 4.69) is 38.4 Å². The van der Waals surface area contributed by atoms with Crippen LogP contribution in [0.15, 0.2) is 48.1 Å². The van der Waals surface area contributed by atoms with E-state index in [1.165, 1.54) is 17.6 Å². The first-order valence-electron chi connectivity index (χ1n) is 9.23. The number of amides is 2. The zero-order valence-electron chi connectivity index (χ0n) is 15.0. The maximum Gasteiger partial charge on any atom is 0.322 e. The van der Waals surface area contributed by atoms with Crippen molar-refractivity contribution in [3.05, 3.63) is 53.0 Å². The number of nitrogens with one attached hydrogen (secondary N) is 1. The number of nitrogens with zero attached hydrogens (tertiary/aromatic N) is 5. The number of hydrogen-bond donors (Lipinski definition) is 1. The molecule has 1 N–H and O–H groups in total. The lowest BCUT2D eigenvalue weighted by atomic mass is 9.98. The van der Waals surface area contributed by atoms with Crippen LogP contribution >= 0.6 is 11.3 Å². The van der Waals surface area contributed by atoms with Crippen molar-refractivity contribution in [3.8, 4) is 5.69 Å². The molecular weight excluding hydrogens is 360 g/mol. The summed E-state index contributed by atoms with van der Waals surface area (Å²) in [5, 5.41) is 16.3. The molecule has 2 aromatic heterocycles. The highest BCUT2D eigenvalue weighted by atomic mass is 32.1. The number of anilines is 1. The minimum absolute atomic E-state index is 0.0280. The Morgan fingerprint density at radius 2 is 2.22 bits per heavy atom. The highest BCUT2D eigenvalue weighted by Gasteiger charge is 2.26. The summed E-state index contributed by atoms with van der Waals surface area (Å²) in [5.41, 5.74) is 1.56. The van der Waals surface area contributed by atoms with E-state index in [0.29, 0.717) is 6.04 Å². The van der Waals surface area contributed by atoms with Gasteiger partial charge in [-0.25, -0.2) is 9.48 Å². The number of aromatic nitrogens is 4. The number of carbonyl (C=O) groups is 1. The van der Waals surface area contributed by atoms with Crippen molar-refractivity contribution in [1.82, 2.24) is 25.1 Å². The van der Waals surface area contributed by atoms with Crippen molar-refractivity contribution >= 4 is 23.1 Å². The molecule has 1 atom stereocenters. The normalized spacial score (nSPS) is 17.0. The lowest BCUT2D eigenvalue weighted by Gasteiger charge is -2.35. The van der Waals surface area contributed by atoms with Crippen molar-refractivity contribution in [3.63, 3.8) is 0 Å². The van der Waals surface area contributed by atoms with E-state index < -0.39 is 0 Å². The fourth-order valence-electron chi connectivity index (χ4n) is 3.53. The van der Waals surface area contributed by atoms with Crippen molar-refractivity contribution in [1.29, 1.82) is 0 Å². The molecule has 27 heavy (non-hydrogen) atoms. The number of benzene rings is 1. The number of likely N-dealkylation sites (tertiary alicyclic amines) is 1. The molecule has 0 bridgehead atoms. The molecule has 2 amide bonds. The zero-order valence-corrected chi connectivity index (χ0v) is 15.8. The quantitative estimate of drug-likeness (QED) is 0.729. The molecule has 0 spiro atoms. The fourth-order valence-corrected chi connectivity index (χ4v) is 4.26. The first-order chi connectivity index (χ1) is 13.3. The van der Waals surface area contributed by atoms with Gasteiger partial charge in [0, 0.05) is 23.2 Å². The minimum Gasteiger partial charge on any atom is -0.322 e. The topological polar surface area (TPSA) is 75.9 Å². The number of aryl methyl sites for hydroxylation is 1. The molecule has 1 aliphatic heterocycles. The van der Waals surface area contributed by atoms with Gasteiger partial charge in [-0.1, -0.05) is 12.1 Å². The lowest BCUT2D eigenvalue weighted by molar-refractivity contribution is 0.158. The summed E-state index contributed by atoms with van der Waals surface area (Å²) in [6.45, 7) is 0.813. The van der Waals surface area contributed by atoms with E-state index in [9.17, 15) is 4.79 Å². The van der Waals surface area contributed by atoms with Crippen LogP contribution in [0.4, 0.5) is 10.5 Å². The van der Waals surface area contributed by atoms with Crippen LogP contribution in [-0.4, -0.2) is 43.7 Å². The van der Waals surface area contributed by atoms with Crippen LogP contribution in [0.3, 0.4) is 0 Å². The van der Waals surface area contributed by atoms with Crippen LogP contribution in [0.25, 0.3) is 5.69 Å². The Morgan fingerprint density at radius 1 is 1.26 bits per heavy atom. The fraction of sp³-hybridized carbons (Fsp3) is 0.368. The summed E-state index contributed by atoms with van der Waals surface area (Å²) < 4.78 is 1.57. The zero-order chi connectivity index (χ0) is 18.5. The summed E-state index contributed by atoms with van der Waals surface area (Å²) in [6, 6.07) is 12.1. The van der Waals surface area contributed by atoms with E-state index in [-0.39, 0.29) is 6.03 Å². The number of piperidine rings is 1. The number of carbonyl (C=O) groups excluding carboxylic acids is 1. The maximum absolute atomic E-state index is 12.9. The first kappa shape index (κ1) is 17.7. The summed E-state index contributed by atoms with van der Waals surface area (Å²) in [6.07, 6.45) is 6.90. The number of thiophene rings is 1. The van der Waals surface area contributed by atoms with Gasteiger partial charge in [-0.05, 0) is 72.2 Å². The molecule has 3 aromatic rings. The Morgan fingerprint density at radius 3 is 3.04 bits per heavy atom. The second-order valence-electron chi connectivity index (χ2n) is 6.70. The monoisotopic (exact) mass is 382 g/mol. The third-order valence-electron chi connectivity index (χ3n) is 4.90. The molecule has 0 unspecified atom stereocenters. The van der Waals surface area contributed by atoms with Crippen LogP contribution in [0.5, 0.6) is 0 Å². The summed E-state index contributed by atoms with van der Waals surface area (Å²) in [7, 11) is 0. The molecule has 0 radical (unpaired) electrons.